The quantitative estimate of drug-likeness (QED) is 0.845. The van der Waals surface area contributed by atoms with Crippen LogP contribution in [0.3, 0.4) is 0 Å². The van der Waals surface area contributed by atoms with Crippen LogP contribution in [0.25, 0.3) is 0 Å². The normalized spacial score (nSPS) is 38.0. The predicted molar refractivity (Wildman–Crippen MR) is 74.7 cm³/mol. The summed E-state index contributed by atoms with van der Waals surface area (Å²) in [6, 6.07) is 0. The second kappa shape index (κ2) is 6.28. The third-order valence-corrected chi connectivity index (χ3v) is 4.93. The molecular weight excluding hydrogens is 258 g/mol. The lowest BCUT2D eigenvalue weighted by molar-refractivity contribution is -0.212. The van der Waals surface area contributed by atoms with Gasteiger partial charge in [-0.15, -0.1) is 0 Å². The molecule has 3 saturated heterocycles. The van der Waals surface area contributed by atoms with Crippen molar-refractivity contribution < 1.29 is 18.9 Å². The van der Waals surface area contributed by atoms with Crippen LogP contribution in [0.5, 0.6) is 0 Å². The molecule has 5 nitrogen and oxygen atoms in total. The van der Waals surface area contributed by atoms with E-state index in [-0.39, 0.29) is 17.3 Å². The summed E-state index contributed by atoms with van der Waals surface area (Å²) < 4.78 is 23.6. The maximum Gasteiger partial charge on any atom is 0.104 e. The van der Waals surface area contributed by atoms with Crippen LogP contribution in [0.1, 0.15) is 38.5 Å². The summed E-state index contributed by atoms with van der Waals surface area (Å²) in [7, 11) is 0. The Morgan fingerprint density at radius 1 is 1.05 bits per heavy atom. The highest BCUT2D eigenvalue weighted by molar-refractivity contribution is 4.92. The fourth-order valence-electron chi connectivity index (χ4n) is 3.66. The maximum atomic E-state index is 6.43. The minimum atomic E-state index is -0.271. The first-order chi connectivity index (χ1) is 9.76. The molecule has 2 N–H and O–H groups in total. The van der Waals surface area contributed by atoms with Gasteiger partial charge in [0.1, 0.15) is 5.60 Å². The Balaban J connectivity index is 1.61. The molecule has 0 saturated carbocycles. The van der Waals surface area contributed by atoms with Crippen molar-refractivity contribution in [1.29, 1.82) is 0 Å². The summed E-state index contributed by atoms with van der Waals surface area (Å²) in [5.41, 5.74) is 5.68. The van der Waals surface area contributed by atoms with Crippen LogP contribution in [-0.2, 0) is 18.9 Å². The van der Waals surface area contributed by atoms with E-state index in [0.29, 0.717) is 13.2 Å². The summed E-state index contributed by atoms with van der Waals surface area (Å²) in [6.07, 6.45) is 6.20. The van der Waals surface area contributed by atoms with Crippen molar-refractivity contribution in [3.63, 3.8) is 0 Å². The molecule has 3 rings (SSSR count). The number of rotatable bonds is 3. The highest BCUT2D eigenvalue weighted by atomic mass is 16.6. The Hall–Kier alpha value is -0.200. The first-order valence-electron chi connectivity index (χ1n) is 7.93. The minimum Gasteiger partial charge on any atom is -0.381 e. The van der Waals surface area contributed by atoms with Crippen LogP contribution < -0.4 is 5.73 Å². The molecule has 0 amide bonds. The summed E-state index contributed by atoms with van der Waals surface area (Å²) in [4.78, 5) is 0. The molecule has 2 unspecified atom stereocenters. The molecule has 3 aliphatic rings. The van der Waals surface area contributed by atoms with Crippen LogP contribution in [0, 0.1) is 0 Å². The highest BCUT2D eigenvalue weighted by Gasteiger charge is 2.43. The zero-order valence-corrected chi connectivity index (χ0v) is 12.3. The van der Waals surface area contributed by atoms with E-state index in [0.717, 1.165) is 65.0 Å². The zero-order chi connectivity index (χ0) is 13.9. The standard InChI is InChI=1S/C15H27NO4/c16-11-15(3-1-6-18-12-15)20-13-2-7-19-14(10-13)4-8-17-9-5-14/h13H,1-12,16H2. The van der Waals surface area contributed by atoms with Gasteiger partial charge >= 0.3 is 0 Å². The molecule has 0 aromatic carbocycles. The molecule has 0 aromatic rings. The van der Waals surface area contributed by atoms with Crippen LogP contribution >= 0.6 is 0 Å². The third-order valence-electron chi connectivity index (χ3n) is 4.93. The fraction of sp³-hybridized carbons (Fsp3) is 1.00. The highest BCUT2D eigenvalue weighted by Crippen LogP contribution is 2.37. The Bertz CT molecular complexity index is 305. The molecule has 0 aromatic heterocycles. The van der Waals surface area contributed by atoms with Crippen molar-refractivity contribution >= 4 is 0 Å². The van der Waals surface area contributed by atoms with E-state index < -0.39 is 0 Å². The molecule has 0 bridgehead atoms. The molecule has 2 atom stereocenters. The topological polar surface area (TPSA) is 62.9 Å². The Kier molecular flexibility index (Phi) is 4.62. The molecule has 0 aliphatic carbocycles. The van der Waals surface area contributed by atoms with Gasteiger partial charge in [0.05, 0.1) is 18.3 Å². The fourth-order valence-corrected chi connectivity index (χ4v) is 3.66. The number of hydrogen-bond acceptors (Lipinski definition) is 5. The van der Waals surface area contributed by atoms with Gasteiger partial charge in [-0.1, -0.05) is 0 Å². The summed E-state index contributed by atoms with van der Waals surface area (Å²) in [5, 5.41) is 0. The molecule has 116 valence electrons. The molecular formula is C15H27NO4. The Morgan fingerprint density at radius 3 is 2.60 bits per heavy atom. The monoisotopic (exact) mass is 285 g/mol. The van der Waals surface area contributed by atoms with E-state index >= 15 is 0 Å². The van der Waals surface area contributed by atoms with Crippen molar-refractivity contribution in [3.8, 4) is 0 Å². The SMILES string of the molecule is NCC1(OC2CCOC3(CCOCC3)C2)CCCOC1. The average molecular weight is 285 g/mol. The molecule has 20 heavy (non-hydrogen) atoms. The Labute approximate surface area is 121 Å². The van der Waals surface area contributed by atoms with E-state index in [2.05, 4.69) is 0 Å². The lowest BCUT2D eigenvalue weighted by Crippen LogP contribution is -2.53. The third kappa shape index (κ3) is 3.17. The van der Waals surface area contributed by atoms with Gasteiger partial charge in [-0.25, -0.2) is 0 Å². The first-order valence-corrected chi connectivity index (χ1v) is 7.93. The summed E-state index contributed by atoms with van der Waals surface area (Å²) >= 11 is 0. The Morgan fingerprint density at radius 2 is 1.90 bits per heavy atom. The minimum absolute atomic E-state index is 0.0214. The van der Waals surface area contributed by atoms with Gasteiger partial charge in [-0.3, -0.25) is 0 Å². The molecule has 3 aliphatic heterocycles. The van der Waals surface area contributed by atoms with Gasteiger partial charge in [-0.2, -0.15) is 0 Å². The van der Waals surface area contributed by atoms with Crippen LogP contribution in [-0.4, -0.2) is 56.9 Å². The lowest BCUT2D eigenvalue weighted by atomic mass is 9.84. The molecule has 3 heterocycles. The molecule has 0 radical (unpaired) electrons. The van der Waals surface area contributed by atoms with E-state index in [9.17, 15) is 0 Å². The zero-order valence-electron chi connectivity index (χ0n) is 12.3. The van der Waals surface area contributed by atoms with Crippen molar-refractivity contribution in [2.75, 3.05) is 39.6 Å². The van der Waals surface area contributed by atoms with E-state index in [1.54, 1.807) is 0 Å². The molecule has 5 heteroatoms. The van der Waals surface area contributed by atoms with E-state index in [1.165, 1.54) is 0 Å². The maximum absolute atomic E-state index is 6.43. The van der Waals surface area contributed by atoms with E-state index in [4.69, 9.17) is 24.7 Å². The number of hydrogen-bond donors (Lipinski definition) is 1. The van der Waals surface area contributed by atoms with Crippen LogP contribution in [0.2, 0.25) is 0 Å². The summed E-state index contributed by atoms with van der Waals surface area (Å²) in [6.45, 7) is 4.40. The van der Waals surface area contributed by atoms with Gasteiger partial charge in [0, 0.05) is 39.4 Å². The van der Waals surface area contributed by atoms with Gasteiger partial charge in [0.2, 0.25) is 0 Å². The second-order valence-corrected chi connectivity index (χ2v) is 6.42. The summed E-state index contributed by atoms with van der Waals surface area (Å²) in [5.74, 6) is 0. The number of nitrogens with two attached hydrogens (primary N) is 1. The first kappa shape index (κ1) is 14.7. The van der Waals surface area contributed by atoms with Gasteiger partial charge in [0.15, 0.2) is 0 Å². The van der Waals surface area contributed by atoms with Gasteiger partial charge in [0.25, 0.3) is 0 Å². The van der Waals surface area contributed by atoms with Gasteiger partial charge in [-0.05, 0) is 32.1 Å². The van der Waals surface area contributed by atoms with Crippen molar-refractivity contribution in [1.82, 2.24) is 0 Å². The largest absolute Gasteiger partial charge is 0.381 e. The van der Waals surface area contributed by atoms with Gasteiger partial charge < -0.3 is 24.7 Å². The van der Waals surface area contributed by atoms with Crippen LogP contribution in [0.15, 0.2) is 0 Å². The van der Waals surface area contributed by atoms with Crippen molar-refractivity contribution in [2.24, 2.45) is 5.73 Å². The van der Waals surface area contributed by atoms with Crippen molar-refractivity contribution in [3.05, 3.63) is 0 Å². The smallest absolute Gasteiger partial charge is 0.104 e. The van der Waals surface area contributed by atoms with E-state index in [1.807, 2.05) is 0 Å². The lowest BCUT2D eigenvalue weighted by Gasteiger charge is -2.46. The second-order valence-electron chi connectivity index (χ2n) is 6.42. The predicted octanol–water partition coefficient (Wildman–Crippen LogP) is 1.24. The molecule has 1 spiro atoms. The average Bonchev–Trinajstić information content (AvgIpc) is 2.49. The molecule has 3 fully saturated rings. The van der Waals surface area contributed by atoms with Crippen molar-refractivity contribution in [2.45, 2.75) is 55.8 Å². The van der Waals surface area contributed by atoms with Crippen LogP contribution in [0.4, 0.5) is 0 Å². The number of ether oxygens (including phenoxy) is 4.